The van der Waals surface area contributed by atoms with Gasteiger partial charge < -0.3 is 4.74 Å². The van der Waals surface area contributed by atoms with Gasteiger partial charge in [0.05, 0.1) is 17.1 Å². The van der Waals surface area contributed by atoms with Crippen LogP contribution >= 0.6 is 0 Å². The molecule has 0 amide bonds. The van der Waals surface area contributed by atoms with E-state index in [0.29, 0.717) is 19.6 Å². The zero-order chi connectivity index (χ0) is 10.8. The molecule has 1 rings (SSSR count). The molecule has 1 aliphatic heterocycles. The van der Waals surface area contributed by atoms with E-state index in [1.807, 2.05) is 6.92 Å². The first-order chi connectivity index (χ1) is 6.39. The lowest BCUT2D eigenvalue weighted by Gasteiger charge is -2.24. The van der Waals surface area contributed by atoms with Gasteiger partial charge in [-0.3, -0.25) is 0 Å². The van der Waals surface area contributed by atoms with Gasteiger partial charge in [0.25, 0.3) is 0 Å². The van der Waals surface area contributed by atoms with E-state index >= 15 is 0 Å². The zero-order valence-corrected chi connectivity index (χ0v) is 10.1. The normalized spacial score (nSPS) is 24.1. The Hall–Kier alpha value is -0.0900. The fraction of sp³-hybridized carbons (Fsp3) is 1.00. The van der Waals surface area contributed by atoms with Gasteiger partial charge in [-0.05, 0) is 32.6 Å². The van der Waals surface area contributed by atoms with Crippen molar-refractivity contribution in [3.05, 3.63) is 0 Å². The Bertz CT molecular complexity index is 274. The third-order valence-corrected chi connectivity index (χ3v) is 6.06. The van der Waals surface area contributed by atoms with Gasteiger partial charge in [0.2, 0.25) is 0 Å². The standard InChI is InChI=1S/C10H20O3S/c1-4-10(2,3)14(11,12)8-9-5-6-13-7-9/h9H,4-8H2,1-3H3/t9-/m1/s1. The average Bonchev–Trinajstić information content (AvgIpc) is 2.55. The second kappa shape index (κ2) is 4.19. The van der Waals surface area contributed by atoms with Crippen LogP contribution in [0.3, 0.4) is 0 Å². The molecule has 0 unspecified atom stereocenters. The number of hydrogen-bond donors (Lipinski definition) is 0. The molecule has 0 bridgehead atoms. The molecule has 0 aromatic carbocycles. The Morgan fingerprint density at radius 3 is 2.50 bits per heavy atom. The maximum absolute atomic E-state index is 12.0. The van der Waals surface area contributed by atoms with Gasteiger partial charge >= 0.3 is 0 Å². The summed E-state index contributed by atoms with van der Waals surface area (Å²) in [6.07, 6.45) is 1.56. The molecule has 1 heterocycles. The van der Waals surface area contributed by atoms with Crippen molar-refractivity contribution in [2.45, 2.75) is 38.4 Å². The Morgan fingerprint density at radius 2 is 2.07 bits per heavy atom. The monoisotopic (exact) mass is 220 g/mol. The van der Waals surface area contributed by atoms with Gasteiger partial charge in [-0.1, -0.05) is 6.92 Å². The molecule has 0 aliphatic carbocycles. The van der Waals surface area contributed by atoms with E-state index in [2.05, 4.69) is 0 Å². The predicted molar refractivity (Wildman–Crippen MR) is 57.1 cm³/mol. The molecule has 1 saturated heterocycles. The Kier molecular flexibility index (Phi) is 3.58. The van der Waals surface area contributed by atoms with Crippen LogP contribution in [0.5, 0.6) is 0 Å². The SMILES string of the molecule is CCC(C)(C)S(=O)(=O)C[C@@H]1CCOC1. The number of hydrogen-bond acceptors (Lipinski definition) is 3. The van der Waals surface area contributed by atoms with Crippen LogP contribution in [0.1, 0.15) is 33.6 Å². The fourth-order valence-corrected chi connectivity index (χ4v) is 3.25. The number of sulfone groups is 1. The summed E-state index contributed by atoms with van der Waals surface area (Å²) in [5.41, 5.74) is 0. The molecule has 1 aliphatic rings. The number of rotatable bonds is 4. The maximum atomic E-state index is 12.0. The molecule has 0 N–H and O–H groups in total. The first kappa shape index (κ1) is 12.0. The summed E-state index contributed by atoms with van der Waals surface area (Å²) < 4.78 is 28.6. The molecule has 1 atom stereocenters. The minimum atomic E-state index is -2.97. The molecular weight excluding hydrogens is 200 g/mol. The first-order valence-corrected chi connectivity index (χ1v) is 6.84. The molecular formula is C10H20O3S. The lowest BCUT2D eigenvalue weighted by molar-refractivity contribution is 0.188. The Morgan fingerprint density at radius 1 is 1.43 bits per heavy atom. The van der Waals surface area contributed by atoms with Crippen LogP contribution in [0.4, 0.5) is 0 Å². The molecule has 0 spiro atoms. The van der Waals surface area contributed by atoms with Crippen molar-refractivity contribution < 1.29 is 13.2 Å². The van der Waals surface area contributed by atoms with Crippen molar-refractivity contribution in [2.24, 2.45) is 5.92 Å². The van der Waals surface area contributed by atoms with E-state index in [1.165, 1.54) is 0 Å². The maximum Gasteiger partial charge on any atom is 0.155 e. The zero-order valence-electron chi connectivity index (χ0n) is 9.25. The quantitative estimate of drug-likeness (QED) is 0.723. The molecule has 0 saturated carbocycles. The molecule has 0 aromatic heterocycles. The molecule has 3 nitrogen and oxygen atoms in total. The summed E-state index contributed by atoms with van der Waals surface area (Å²) in [7, 11) is -2.97. The van der Waals surface area contributed by atoms with Crippen LogP contribution in [0, 0.1) is 5.92 Å². The lowest BCUT2D eigenvalue weighted by Crippen LogP contribution is -2.35. The number of ether oxygens (including phenoxy) is 1. The first-order valence-electron chi connectivity index (χ1n) is 5.19. The highest BCUT2D eigenvalue weighted by molar-refractivity contribution is 7.92. The Labute approximate surface area is 86.8 Å². The van der Waals surface area contributed by atoms with Gasteiger partial charge in [0, 0.05) is 6.61 Å². The minimum absolute atomic E-state index is 0.214. The third kappa shape index (κ3) is 2.48. The second-order valence-corrected chi connectivity index (χ2v) is 7.29. The van der Waals surface area contributed by atoms with Crippen molar-refractivity contribution in [3.63, 3.8) is 0 Å². The topological polar surface area (TPSA) is 43.4 Å². The van der Waals surface area contributed by atoms with Gasteiger partial charge in [-0.2, -0.15) is 0 Å². The predicted octanol–water partition coefficient (Wildman–Crippen LogP) is 1.63. The summed E-state index contributed by atoms with van der Waals surface area (Å²) in [4.78, 5) is 0. The van der Waals surface area contributed by atoms with E-state index in [9.17, 15) is 8.42 Å². The van der Waals surface area contributed by atoms with Crippen LogP contribution in [-0.4, -0.2) is 32.1 Å². The van der Waals surface area contributed by atoms with Crippen molar-refractivity contribution in [1.82, 2.24) is 0 Å². The van der Waals surface area contributed by atoms with Gasteiger partial charge in [-0.15, -0.1) is 0 Å². The average molecular weight is 220 g/mol. The van der Waals surface area contributed by atoms with Crippen LogP contribution in [0.2, 0.25) is 0 Å². The second-order valence-electron chi connectivity index (χ2n) is 4.62. The summed E-state index contributed by atoms with van der Waals surface area (Å²) in [5.74, 6) is 0.499. The lowest BCUT2D eigenvalue weighted by atomic mass is 10.1. The van der Waals surface area contributed by atoms with Crippen molar-refractivity contribution in [3.8, 4) is 0 Å². The van der Waals surface area contributed by atoms with Crippen molar-refractivity contribution in [2.75, 3.05) is 19.0 Å². The van der Waals surface area contributed by atoms with Gasteiger partial charge in [0.15, 0.2) is 9.84 Å². The highest BCUT2D eigenvalue weighted by Gasteiger charge is 2.35. The fourth-order valence-electron chi connectivity index (χ4n) is 1.47. The summed E-state index contributed by atoms with van der Waals surface area (Å²) >= 11 is 0. The third-order valence-electron chi connectivity index (χ3n) is 3.17. The molecule has 1 fully saturated rings. The minimum Gasteiger partial charge on any atom is -0.381 e. The molecule has 84 valence electrons. The highest BCUT2D eigenvalue weighted by atomic mass is 32.2. The summed E-state index contributed by atoms with van der Waals surface area (Å²) in [5, 5.41) is 0. The van der Waals surface area contributed by atoms with Gasteiger partial charge in [0.1, 0.15) is 0 Å². The highest BCUT2D eigenvalue weighted by Crippen LogP contribution is 2.25. The smallest absolute Gasteiger partial charge is 0.155 e. The summed E-state index contributed by atoms with van der Waals surface area (Å²) in [6, 6.07) is 0. The Balaban J connectivity index is 2.66. The van der Waals surface area contributed by atoms with E-state index in [0.717, 1.165) is 6.42 Å². The molecule has 0 radical (unpaired) electrons. The van der Waals surface area contributed by atoms with Crippen LogP contribution in [0.25, 0.3) is 0 Å². The van der Waals surface area contributed by atoms with E-state index in [4.69, 9.17) is 4.74 Å². The molecule has 0 aromatic rings. The largest absolute Gasteiger partial charge is 0.381 e. The van der Waals surface area contributed by atoms with Gasteiger partial charge in [-0.25, -0.2) is 8.42 Å². The summed E-state index contributed by atoms with van der Waals surface area (Å²) in [6.45, 7) is 6.85. The van der Waals surface area contributed by atoms with Crippen LogP contribution in [0.15, 0.2) is 0 Å². The van der Waals surface area contributed by atoms with Crippen molar-refractivity contribution in [1.29, 1.82) is 0 Å². The van der Waals surface area contributed by atoms with Crippen LogP contribution < -0.4 is 0 Å². The van der Waals surface area contributed by atoms with Crippen molar-refractivity contribution >= 4 is 9.84 Å². The van der Waals surface area contributed by atoms with Crippen LogP contribution in [-0.2, 0) is 14.6 Å². The van der Waals surface area contributed by atoms with E-state index in [1.54, 1.807) is 13.8 Å². The molecule has 14 heavy (non-hydrogen) atoms. The van der Waals surface area contributed by atoms with E-state index in [-0.39, 0.29) is 11.7 Å². The molecule has 4 heteroatoms. The van der Waals surface area contributed by atoms with E-state index < -0.39 is 14.6 Å².